The molecule has 0 saturated carbocycles. The van der Waals surface area contributed by atoms with Crippen LogP contribution in [0.3, 0.4) is 0 Å². The first kappa shape index (κ1) is 21.3. The number of hydrogen-bond acceptors (Lipinski definition) is 4. The van der Waals surface area contributed by atoms with Gasteiger partial charge < -0.3 is 15.1 Å². The minimum atomic E-state index is -2.85. The molecule has 138 valence electrons. The van der Waals surface area contributed by atoms with E-state index in [1.165, 1.54) is 0 Å². The third-order valence-electron chi connectivity index (χ3n) is 3.80. The smallest absolute Gasteiger partial charge is 0.192 e. The standard InChI is InChI=1S/C16H27N3O3S.HI/c1-11(2)18-16(17-9-14-7-8-23(20,21)10-14)19-13(4)15-6-5-12(3)22-15;/h5-6,11,13-14H,7-10H2,1-4H3,(H2,17,18,19);1H. The molecule has 2 rings (SSSR count). The minimum absolute atomic E-state index is 0. The van der Waals surface area contributed by atoms with Crippen LogP contribution >= 0.6 is 24.0 Å². The van der Waals surface area contributed by atoms with E-state index in [4.69, 9.17) is 4.42 Å². The summed E-state index contributed by atoms with van der Waals surface area (Å²) in [5.41, 5.74) is 0. The van der Waals surface area contributed by atoms with E-state index >= 15 is 0 Å². The van der Waals surface area contributed by atoms with Gasteiger partial charge in [-0.15, -0.1) is 24.0 Å². The molecule has 6 nitrogen and oxygen atoms in total. The molecule has 1 saturated heterocycles. The van der Waals surface area contributed by atoms with Crippen LogP contribution in [-0.4, -0.2) is 38.5 Å². The lowest BCUT2D eigenvalue weighted by Crippen LogP contribution is -2.42. The maximum absolute atomic E-state index is 11.5. The minimum Gasteiger partial charge on any atom is -0.464 e. The number of nitrogens with one attached hydrogen (secondary N) is 2. The topological polar surface area (TPSA) is 83.7 Å². The molecule has 1 aromatic rings. The molecule has 24 heavy (non-hydrogen) atoms. The molecule has 0 aromatic carbocycles. The molecule has 2 atom stereocenters. The highest BCUT2D eigenvalue weighted by atomic mass is 127. The first-order chi connectivity index (χ1) is 10.7. The number of aliphatic imine (C=N–C) groups is 1. The largest absolute Gasteiger partial charge is 0.464 e. The van der Waals surface area contributed by atoms with Crippen molar-refractivity contribution < 1.29 is 12.8 Å². The van der Waals surface area contributed by atoms with Crippen molar-refractivity contribution in [2.75, 3.05) is 18.1 Å². The molecule has 2 heterocycles. The van der Waals surface area contributed by atoms with Crippen molar-refractivity contribution in [3.8, 4) is 0 Å². The Morgan fingerprint density at radius 2 is 2.04 bits per heavy atom. The maximum Gasteiger partial charge on any atom is 0.192 e. The molecule has 1 fully saturated rings. The first-order valence-electron chi connectivity index (χ1n) is 8.09. The summed E-state index contributed by atoms with van der Waals surface area (Å²) in [7, 11) is -2.85. The Morgan fingerprint density at radius 1 is 1.33 bits per heavy atom. The summed E-state index contributed by atoms with van der Waals surface area (Å²) in [6.45, 7) is 8.52. The van der Waals surface area contributed by atoms with Gasteiger partial charge in [-0.3, -0.25) is 4.99 Å². The van der Waals surface area contributed by atoms with Gasteiger partial charge in [0.15, 0.2) is 15.8 Å². The predicted molar refractivity (Wildman–Crippen MR) is 108 cm³/mol. The molecule has 0 amide bonds. The monoisotopic (exact) mass is 469 g/mol. The summed E-state index contributed by atoms with van der Waals surface area (Å²) in [5.74, 6) is 3.07. The molecular formula is C16H28IN3O3S. The Labute approximate surface area is 161 Å². The SMILES string of the molecule is Cc1ccc(C(C)NC(=NCC2CCS(=O)(=O)C2)NC(C)C)o1.I. The molecule has 2 N–H and O–H groups in total. The van der Waals surface area contributed by atoms with Gasteiger partial charge >= 0.3 is 0 Å². The predicted octanol–water partition coefficient (Wildman–Crippen LogP) is 2.65. The van der Waals surface area contributed by atoms with E-state index in [9.17, 15) is 8.42 Å². The quantitative estimate of drug-likeness (QED) is 0.394. The van der Waals surface area contributed by atoms with E-state index in [0.29, 0.717) is 18.9 Å². The van der Waals surface area contributed by atoms with Gasteiger partial charge in [-0.25, -0.2) is 8.42 Å². The summed E-state index contributed by atoms with van der Waals surface area (Å²) >= 11 is 0. The fourth-order valence-corrected chi connectivity index (χ4v) is 4.45. The third kappa shape index (κ3) is 6.62. The molecular weight excluding hydrogens is 441 g/mol. The summed E-state index contributed by atoms with van der Waals surface area (Å²) in [5, 5.41) is 6.60. The number of halogens is 1. The zero-order valence-corrected chi connectivity index (χ0v) is 17.9. The Balaban J connectivity index is 0.00000288. The van der Waals surface area contributed by atoms with E-state index in [1.807, 2.05) is 39.8 Å². The van der Waals surface area contributed by atoms with Crippen LogP contribution in [0.25, 0.3) is 0 Å². The summed E-state index contributed by atoms with van der Waals surface area (Å²) in [6, 6.07) is 4.10. The fourth-order valence-electron chi connectivity index (χ4n) is 2.61. The lowest BCUT2D eigenvalue weighted by atomic mass is 10.1. The van der Waals surface area contributed by atoms with Crippen LogP contribution in [0.5, 0.6) is 0 Å². The van der Waals surface area contributed by atoms with Gasteiger partial charge in [0.2, 0.25) is 0 Å². The van der Waals surface area contributed by atoms with Crippen molar-refractivity contribution in [1.29, 1.82) is 0 Å². The molecule has 0 aliphatic carbocycles. The Bertz CT molecular complexity index is 655. The Kier molecular flexibility index (Phi) is 8.04. The number of aryl methyl sites for hydroxylation is 1. The van der Waals surface area contributed by atoms with Crippen molar-refractivity contribution in [3.05, 3.63) is 23.7 Å². The van der Waals surface area contributed by atoms with Crippen molar-refractivity contribution in [2.45, 2.75) is 46.2 Å². The molecule has 1 aliphatic rings. The van der Waals surface area contributed by atoms with E-state index in [1.54, 1.807) is 0 Å². The number of sulfone groups is 1. The molecule has 1 aromatic heterocycles. The second-order valence-corrected chi connectivity index (χ2v) is 8.80. The summed E-state index contributed by atoms with van der Waals surface area (Å²) in [6.07, 6.45) is 0.702. The Hall–Kier alpha value is -0.770. The van der Waals surface area contributed by atoms with Crippen molar-refractivity contribution >= 4 is 39.8 Å². The second kappa shape index (κ2) is 9.07. The molecule has 0 spiro atoms. The third-order valence-corrected chi connectivity index (χ3v) is 5.64. The molecule has 2 unspecified atom stereocenters. The van der Waals surface area contributed by atoms with Gasteiger partial charge in [0.1, 0.15) is 11.5 Å². The highest BCUT2D eigenvalue weighted by Crippen LogP contribution is 2.19. The molecule has 8 heteroatoms. The number of guanidine groups is 1. The van der Waals surface area contributed by atoms with Crippen LogP contribution < -0.4 is 10.6 Å². The van der Waals surface area contributed by atoms with Crippen LogP contribution in [0.4, 0.5) is 0 Å². The van der Waals surface area contributed by atoms with Crippen molar-refractivity contribution in [2.24, 2.45) is 10.9 Å². The van der Waals surface area contributed by atoms with E-state index in [0.717, 1.165) is 11.5 Å². The van der Waals surface area contributed by atoms with Gasteiger partial charge in [0.25, 0.3) is 0 Å². The number of nitrogens with zero attached hydrogens (tertiary/aromatic N) is 1. The van der Waals surface area contributed by atoms with Crippen LogP contribution in [0.2, 0.25) is 0 Å². The van der Waals surface area contributed by atoms with Crippen LogP contribution in [0.15, 0.2) is 21.5 Å². The van der Waals surface area contributed by atoms with Gasteiger partial charge in [0, 0.05) is 12.6 Å². The van der Waals surface area contributed by atoms with E-state index < -0.39 is 9.84 Å². The lowest BCUT2D eigenvalue weighted by Gasteiger charge is -2.19. The summed E-state index contributed by atoms with van der Waals surface area (Å²) < 4.78 is 28.7. The zero-order chi connectivity index (χ0) is 17.0. The normalized spacial score (nSPS) is 21.4. The molecule has 0 radical (unpaired) electrons. The molecule has 0 bridgehead atoms. The highest BCUT2D eigenvalue weighted by molar-refractivity contribution is 14.0. The number of hydrogen-bond donors (Lipinski definition) is 2. The lowest BCUT2D eigenvalue weighted by molar-refractivity contribution is 0.440. The summed E-state index contributed by atoms with van der Waals surface area (Å²) in [4.78, 5) is 4.57. The average Bonchev–Trinajstić information content (AvgIpc) is 3.01. The van der Waals surface area contributed by atoms with Crippen LogP contribution in [0.1, 0.15) is 44.8 Å². The fraction of sp³-hybridized carbons (Fsp3) is 0.688. The number of rotatable bonds is 5. The maximum atomic E-state index is 11.5. The Morgan fingerprint density at radius 3 is 2.54 bits per heavy atom. The van der Waals surface area contributed by atoms with Crippen LogP contribution in [-0.2, 0) is 9.84 Å². The second-order valence-electron chi connectivity index (χ2n) is 6.57. The van der Waals surface area contributed by atoms with Crippen LogP contribution in [0, 0.1) is 12.8 Å². The van der Waals surface area contributed by atoms with Gasteiger partial charge in [-0.05, 0) is 52.2 Å². The highest BCUT2D eigenvalue weighted by Gasteiger charge is 2.27. The van der Waals surface area contributed by atoms with Crippen molar-refractivity contribution in [3.63, 3.8) is 0 Å². The first-order valence-corrected chi connectivity index (χ1v) is 9.91. The molecule has 1 aliphatic heterocycles. The number of furan rings is 1. The van der Waals surface area contributed by atoms with Crippen molar-refractivity contribution in [1.82, 2.24) is 10.6 Å². The van der Waals surface area contributed by atoms with Gasteiger partial charge in [0.05, 0.1) is 17.5 Å². The average molecular weight is 469 g/mol. The van der Waals surface area contributed by atoms with Gasteiger partial charge in [-0.1, -0.05) is 0 Å². The zero-order valence-electron chi connectivity index (χ0n) is 14.7. The van der Waals surface area contributed by atoms with E-state index in [-0.39, 0.29) is 53.5 Å². The van der Waals surface area contributed by atoms with E-state index in [2.05, 4.69) is 15.6 Å². The van der Waals surface area contributed by atoms with Gasteiger partial charge in [-0.2, -0.15) is 0 Å².